The highest BCUT2D eigenvalue weighted by Gasteiger charge is 2.27. The van der Waals surface area contributed by atoms with E-state index in [0.717, 1.165) is 38.5 Å². The zero-order chi connectivity index (χ0) is 39.3. The first-order valence-corrected chi connectivity index (χ1v) is 23.4. The number of nitrogens with one attached hydrogen (secondary N) is 1. The van der Waals surface area contributed by atoms with Crippen LogP contribution in [0.4, 0.5) is 0 Å². The van der Waals surface area contributed by atoms with Gasteiger partial charge in [0.15, 0.2) is 0 Å². The Labute approximate surface area is 327 Å². The molecule has 0 aromatic rings. The molecular formula is C44H86N2O6P+. The van der Waals surface area contributed by atoms with Crippen LogP contribution in [0.2, 0.25) is 0 Å². The minimum atomic E-state index is -4.34. The topological polar surface area (TPSA) is 105 Å². The molecular weight excluding hydrogens is 683 g/mol. The van der Waals surface area contributed by atoms with Gasteiger partial charge in [-0.15, -0.1) is 0 Å². The van der Waals surface area contributed by atoms with E-state index >= 15 is 0 Å². The van der Waals surface area contributed by atoms with Crippen LogP contribution in [-0.2, 0) is 18.4 Å². The number of phosphoric acid groups is 1. The van der Waals surface area contributed by atoms with Gasteiger partial charge >= 0.3 is 7.82 Å². The Morgan fingerprint density at radius 1 is 0.623 bits per heavy atom. The Morgan fingerprint density at radius 2 is 1.04 bits per heavy atom. The van der Waals surface area contributed by atoms with Crippen LogP contribution in [0.3, 0.4) is 0 Å². The number of quaternary nitrogens is 1. The molecule has 0 aliphatic heterocycles. The van der Waals surface area contributed by atoms with Gasteiger partial charge in [-0.25, -0.2) is 4.57 Å². The van der Waals surface area contributed by atoms with E-state index in [2.05, 4.69) is 43.5 Å². The third kappa shape index (κ3) is 38.8. The van der Waals surface area contributed by atoms with Crippen molar-refractivity contribution in [1.82, 2.24) is 5.32 Å². The van der Waals surface area contributed by atoms with Gasteiger partial charge in [-0.2, -0.15) is 0 Å². The summed E-state index contributed by atoms with van der Waals surface area (Å²) in [6.45, 7) is 4.73. The number of phosphoric ester groups is 1. The molecule has 0 saturated heterocycles. The molecule has 0 spiro atoms. The van der Waals surface area contributed by atoms with Crippen LogP contribution in [-0.4, -0.2) is 73.4 Å². The van der Waals surface area contributed by atoms with E-state index in [1.807, 2.05) is 27.2 Å². The summed E-state index contributed by atoms with van der Waals surface area (Å²) in [5.41, 5.74) is 0. The second-order valence-electron chi connectivity index (χ2n) is 16.1. The smallest absolute Gasteiger partial charge is 0.387 e. The second kappa shape index (κ2) is 36.4. The van der Waals surface area contributed by atoms with Gasteiger partial charge in [-0.1, -0.05) is 159 Å². The van der Waals surface area contributed by atoms with Crippen LogP contribution >= 0.6 is 7.82 Å². The Bertz CT molecular complexity index is 964. The van der Waals surface area contributed by atoms with Crippen molar-refractivity contribution in [1.29, 1.82) is 0 Å². The highest BCUT2D eigenvalue weighted by Crippen LogP contribution is 2.43. The maximum atomic E-state index is 12.8. The predicted molar refractivity (Wildman–Crippen MR) is 226 cm³/mol. The summed E-state index contributed by atoms with van der Waals surface area (Å²) in [5.74, 6) is -0.195. The van der Waals surface area contributed by atoms with Gasteiger partial charge in [0.1, 0.15) is 13.2 Å². The Balaban J connectivity index is 4.27. The maximum absolute atomic E-state index is 12.8. The molecule has 0 heterocycles. The number of carbonyl (C=O) groups excluding carboxylic acids is 1. The first-order valence-electron chi connectivity index (χ1n) is 21.9. The largest absolute Gasteiger partial charge is 0.472 e. The van der Waals surface area contributed by atoms with Gasteiger partial charge in [0.25, 0.3) is 0 Å². The molecule has 0 radical (unpaired) electrons. The summed E-state index contributed by atoms with van der Waals surface area (Å²) in [7, 11) is 1.55. The van der Waals surface area contributed by atoms with E-state index in [4.69, 9.17) is 9.05 Å². The number of rotatable bonds is 39. The minimum Gasteiger partial charge on any atom is -0.387 e. The summed E-state index contributed by atoms with van der Waals surface area (Å²) >= 11 is 0. The van der Waals surface area contributed by atoms with Crippen LogP contribution in [0.15, 0.2) is 36.5 Å². The van der Waals surface area contributed by atoms with Crippen LogP contribution in [0, 0.1) is 0 Å². The van der Waals surface area contributed by atoms with Crippen molar-refractivity contribution in [2.24, 2.45) is 0 Å². The van der Waals surface area contributed by atoms with Crippen molar-refractivity contribution in [3.63, 3.8) is 0 Å². The van der Waals surface area contributed by atoms with Crippen LogP contribution in [0.25, 0.3) is 0 Å². The molecule has 3 N–H and O–H groups in total. The van der Waals surface area contributed by atoms with E-state index in [9.17, 15) is 19.4 Å². The molecule has 0 fully saturated rings. The lowest BCUT2D eigenvalue weighted by Gasteiger charge is -2.25. The highest BCUT2D eigenvalue weighted by atomic mass is 31.2. The third-order valence-electron chi connectivity index (χ3n) is 9.58. The van der Waals surface area contributed by atoms with Gasteiger partial charge < -0.3 is 19.8 Å². The average Bonchev–Trinajstić information content (AvgIpc) is 3.10. The van der Waals surface area contributed by atoms with Crippen molar-refractivity contribution >= 4 is 13.7 Å². The lowest BCUT2D eigenvalue weighted by molar-refractivity contribution is -0.870. The first-order chi connectivity index (χ1) is 25.5. The monoisotopic (exact) mass is 770 g/mol. The van der Waals surface area contributed by atoms with Crippen LogP contribution < -0.4 is 5.32 Å². The second-order valence-corrected chi connectivity index (χ2v) is 17.5. The molecule has 0 bridgehead atoms. The Kier molecular flexibility index (Phi) is 35.5. The third-order valence-corrected chi connectivity index (χ3v) is 10.6. The van der Waals surface area contributed by atoms with Crippen molar-refractivity contribution in [2.45, 2.75) is 199 Å². The zero-order valence-electron chi connectivity index (χ0n) is 35.3. The molecule has 53 heavy (non-hydrogen) atoms. The number of unbranched alkanes of at least 4 members (excludes halogenated alkanes) is 22. The first kappa shape index (κ1) is 51.7. The maximum Gasteiger partial charge on any atom is 0.472 e. The summed E-state index contributed by atoms with van der Waals surface area (Å²) in [4.78, 5) is 23.0. The number of likely N-dealkylation sites (N-methyl/N-ethyl adjacent to an activating group) is 1. The fourth-order valence-electron chi connectivity index (χ4n) is 6.05. The van der Waals surface area contributed by atoms with E-state index in [-0.39, 0.29) is 19.1 Å². The number of hydrogen-bond donors (Lipinski definition) is 3. The molecule has 0 aromatic carbocycles. The van der Waals surface area contributed by atoms with Crippen LogP contribution in [0.5, 0.6) is 0 Å². The molecule has 0 aromatic heterocycles. The van der Waals surface area contributed by atoms with Crippen LogP contribution in [0.1, 0.15) is 187 Å². The van der Waals surface area contributed by atoms with Crippen molar-refractivity contribution < 1.29 is 32.9 Å². The number of nitrogens with zero attached hydrogens (tertiary/aromatic N) is 1. The van der Waals surface area contributed by atoms with Crippen molar-refractivity contribution in [3.05, 3.63) is 36.5 Å². The van der Waals surface area contributed by atoms with Gasteiger partial charge in [-0.05, 0) is 57.8 Å². The van der Waals surface area contributed by atoms with Gasteiger partial charge in [0.05, 0.1) is 39.9 Å². The molecule has 0 aliphatic rings. The standard InChI is InChI=1S/C44H85N2O6P/c1-6-8-10-12-14-16-17-18-19-20-21-22-23-24-25-26-27-28-30-32-34-36-38-44(48)45-42(41-52-53(49,50)51-40-39-46(3,4)5)43(47)37-35-33-31-29-15-13-11-9-7-2/h15,23-24,29,35,37,42-43,47H,6-14,16-22,25-28,30-34,36,38-41H2,1-5H3,(H-,45,48,49,50)/p+1/b24-23-,29-15+,37-35+. The predicted octanol–water partition coefficient (Wildman–Crippen LogP) is 11.9. The number of hydrogen-bond acceptors (Lipinski definition) is 5. The summed E-state index contributed by atoms with van der Waals surface area (Å²) in [5, 5.41) is 13.7. The Morgan fingerprint density at radius 3 is 1.55 bits per heavy atom. The van der Waals surface area contributed by atoms with Crippen molar-refractivity contribution in [3.8, 4) is 0 Å². The number of amides is 1. The van der Waals surface area contributed by atoms with Crippen molar-refractivity contribution in [2.75, 3.05) is 40.9 Å². The fraction of sp³-hybridized carbons (Fsp3) is 0.841. The molecule has 0 saturated carbocycles. The molecule has 9 heteroatoms. The number of allylic oxidation sites excluding steroid dienone is 5. The summed E-state index contributed by atoms with van der Waals surface area (Å²) in [6.07, 6.45) is 43.8. The molecule has 8 nitrogen and oxygen atoms in total. The minimum absolute atomic E-state index is 0.0548. The number of carbonyl (C=O) groups is 1. The van der Waals surface area contributed by atoms with E-state index in [1.54, 1.807) is 6.08 Å². The van der Waals surface area contributed by atoms with Gasteiger partial charge in [0.2, 0.25) is 5.91 Å². The fourth-order valence-corrected chi connectivity index (χ4v) is 6.79. The summed E-state index contributed by atoms with van der Waals surface area (Å²) < 4.78 is 23.4. The molecule has 3 unspecified atom stereocenters. The molecule has 312 valence electrons. The molecule has 0 rings (SSSR count). The molecule has 0 aliphatic carbocycles. The van der Waals surface area contributed by atoms with E-state index in [0.29, 0.717) is 17.4 Å². The molecule has 1 amide bonds. The normalized spacial score (nSPS) is 14.8. The highest BCUT2D eigenvalue weighted by molar-refractivity contribution is 7.47. The SMILES string of the molecule is CCCCC/C=C/CC/C=C/C(O)C(COP(=O)(O)OCC[N+](C)(C)C)NC(=O)CCCCCCCCC/C=C\CCCCCCCCCCCCC. The Hall–Kier alpha value is -1.28. The number of aliphatic hydroxyl groups excluding tert-OH is 1. The quantitative estimate of drug-likeness (QED) is 0.0249. The lowest BCUT2D eigenvalue weighted by Crippen LogP contribution is -2.45. The average molecular weight is 770 g/mol. The van der Waals surface area contributed by atoms with Gasteiger partial charge in [-0.3, -0.25) is 13.8 Å². The zero-order valence-corrected chi connectivity index (χ0v) is 36.1. The van der Waals surface area contributed by atoms with E-state index in [1.165, 1.54) is 128 Å². The van der Waals surface area contributed by atoms with E-state index < -0.39 is 20.0 Å². The summed E-state index contributed by atoms with van der Waals surface area (Å²) in [6, 6.07) is -0.862. The lowest BCUT2D eigenvalue weighted by atomic mass is 10.0. The number of aliphatic hydroxyl groups is 1. The molecule has 3 atom stereocenters. The van der Waals surface area contributed by atoms with Gasteiger partial charge in [0, 0.05) is 6.42 Å².